The molecule has 172 valence electrons. The quantitative estimate of drug-likeness (QED) is 0.509. The van der Waals surface area contributed by atoms with Crippen molar-refractivity contribution in [3.05, 3.63) is 65.7 Å². The van der Waals surface area contributed by atoms with E-state index >= 15 is 0 Å². The van der Waals surface area contributed by atoms with Crippen molar-refractivity contribution in [3.8, 4) is 0 Å². The maximum atomic E-state index is 14.0. The smallest absolute Gasteiger partial charge is 0.283 e. The van der Waals surface area contributed by atoms with Crippen LogP contribution in [0.25, 0.3) is 0 Å². The third-order valence-corrected chi connectivity index (χ3v) is 9.83. The van der Waals surface area contributed by atoms with Crippen LogP contribution in [0.5, 0.6) is 0 Å². The minimum Gasteiger partial charge on any atom is -0.283 e. The first-order chi connectivity index (χ1) is 15.5. The molecular weight excluding hydrogens is 440 g/mol. The average molecular weight is 467 g/mol. The number of fused-ring (bicyclic) bond motifs is 1. The zero-order valence-corrected chi connectivity index (χ0v) is 19.6. The van der Waals surface area contributed by atoms with Crippen molar-refractivity contribution in [3.63, 3.8) is 0 Å². The Hall–Kier alpha value is -3.00. The van der Waals surface area contributed by atoms with Crippen LogP contribution in [0.15, 0.2) is 59.5 Å². The molecule has 8 heteroatoms. The van der Waals surface area contributed by atoms with E-state index in [0.717, 1.165) is 17.0 Å². The molecule has 0 radical (unpaired) electrons. The Labute approximate surface area is 193 Å². The number of carbonyl (C=O) groups is 3. The van der Waals surface area contributed by atoms with E-state index in [1.54, 1.807) is 30.3 Å². The van der Waals surface area contributed by atoms with Crippen LogP contribution in [-0.2, 0) is 19.6 Å². The number of hydrogen-bond donors (Lipinski definition) is 0. The highest BCUT2D eigenvalue weighted by atomic mass is 32.2. The van der Waals surface area contributed by atoms with Crippen LogP contribution in [-0.4, -0.2) is 41.5 Å². The van der Waals surface area contributed by atoms with E-state index in [1.807, 2.05) is 20.8 Å². The van der Waals surface area contributed by atoms with E-state index in [1.165, 1.54) is 24.3 Å². The summed E-state index contributed by atoms with van der Waals surface area (Å²) in [5.74, 6) is -2.24. The van der Waals surface area contributed by atoms with Gasteiger partial charge in [-0.2, -0.15) is 8.42 Å². The molecule has 2 amide bonds. The van der Waals surface area contributed by atoms with E-state index in [9.17, 15) is 22.8 Å². The number of rotatable bonds is 4. The van der Waals surface area contributed by atoms with Gasteiger partial charge in [-0.25, -0.2) is 5.01 Å². The largest absolute Gasteiger partial charge is 0.314 e. The van der Waals surface area contributed by atoms with Crippen molar-refractivity contribution in [1.29, 1.82) is 0 Å². The lowest BCUT2D eigenvalue weighted by molar-refractivity contribution is -0.145. The van der Waals surface area contributed by atoms with Gasteiger partial charge in [0.25, 0.3) is 21.7 Å². The maximum Gasteiger partial charge on any atom is 0.314 e. The molecule has 33 heavy (non-hydrogen) atoms. The molecule has 3 unspecified atom stereocenters. The number of nitrogens with zero attached hydrogens (tertiary/aromatic N) is 2. The predicted molar refractivity (Wildman–Crippen MR) is 120 cm³/mol. The van der Waals surface area contributed by atoms with Crippen molar-refractivity contribution in [1.82, 2.24) is 9.42 Å². The van der Waals surface area contributed by atoms with Crippen molar-refractivity contribution in [2.24, 2.45) is 16.7 Å². The van der Waals surface area contributed by atoms with Gasteiger partial charge in [0.2, 0.25) is 0 Å². The molecule has 3 aliphatic rings. The Balaban J connectivity index is 1.66. The molecule has 1 aliphatic heterocycles. The standard InChI is InChI=1S/C25H26N2O5S/c1-16-9-11-19(12-10-16)33(31,32)27-23(30)25-14-13-18(24(25,2)3)15-20(25)26(27)22(29)21(28)17-7-5-4-6-8-17/h4-12,18,20H,13-15H2,1-3H3. The van der Waals surface area contributed by atoms with Crippen molar-refractivity contribution in [2.75, 3.05) is 0 Å². The van der Waals surface area contributed by atoms with Crippen LogP contribution in [0.1, 0.15) is 49.0 Å². The van der Waals surface area contributed by atoms with Crippen LogP contribution in [0, 0.1) is 23.7 Å². The van der Waals surface area contributed by atoms with E-state index < -0.39 is 44.5 Å². The molecule has 1 saturated heterocycles. The summed E-state index contributed by atoms with van der Waals surface area (Å²) in [4.78, 5) is 40.6. The second kappa shape index (κ2) is 7.00. The second-order valence-corrected chi connectivity index (χ2v) is 11.7. The van der Waals surface area contributed by atoms with E-state index in [4.69, 9.17) is 0 Å². The first-order valence-electron chi connectivity index (χ1n) is 11.1. The number of ketones is 1. The monoisotopic (exact) mass is 466 g/mol. The normalized spacial score (nSPS) is 27.7. The van der Waals surface area contributed by atoms with Crippen LogP contribution >= 0.6 is 0 Å². The SMILES string of the molecule is Cc1ccc(S(=O)(=O)N2C(=O)C34CCC(CC3N2C(=O)C(=O)c2ccccc2)C4(C)C)cc1. The van der Waals surface area contributed by atoms with Crippen molar-refractivity contribution >= 4 is 27.6 Å². The zero-order chi connectivity index (χ0) is 23.8. The number of hydrazine groups is 1. The van der Waals surface area contributed by atoms with Crippen molar-refractivity contribution in [2.45, 2.75) is 51.0 Å². The van der Waals surface area contributed by atoms with Gasteiger partial charge in [-0.3, -0.25) is 14.4 Å². The molecule has 0 N–H and O–H groups in total. The highest BCUT2D eigenvalue weighted by Crippen LogP contribution is 2.70. The molecule has 1 heterocycles. The highest BCUT2D eigenvalue weighted by Gasteiger charge is 2.76. The number of hydrogen-bond acceptors (Lipinski definition) is 5. The molecule has 2 bridgehead atoms. The van der Waals surface area contributed by atoms with Gasteiger partial charge in [0.05, 0.1) is 16.4 Å². The summed E-state index contributed by atoms with van der Waals surface area (Å²) >= 11 is 0. The molecule has 2 aliphatic carbocycles. The molecule has 5 rings (SSSR count). The van der Waals surface area contributed by atoms with Gasteiger partial charge in [-0.05, 0) is 49.7 Å². The summed E-state index contributed by atoms with van der Waals surface area (Å²) in [6.45, 7) is 5.79. The molecule has 3 fully saturated rings. The Kier molecular flexibility index (Phi) is 4.63. The summed E-state index contributed by atoms with van der Waals surface area (Å²) in [7, 11) is -4.40. The van der Waals surface area contributed by atoms with Crippen LogP contribution in [0.2, 0.25) is 0 Å². The minimum atomic E-state index is -4.40. The number of aryl methyl sites for hydroxylation is 1. The molecule has 3 atom stereocenters. The average Bonchev–Trinajstić information content (AvgIpc) is 3.32. The number of amides is 2. The molecule has 1 spiro atoms. The summed E-state index contributed by atoms with van der Waals surface area (Å²) in [5.41, 5.74) is -0.488. The van der Waals surface area contributed by atoms with E-state index in [2.05, 4.69) is 0 Å². The zero-order valence-electron chi connectivity index (χ0n) is 18.8. The first-order valence-corrected chi connectivity index (χ1v) is 12.6. The summed E-state index contributed by atoms with van der Waals surface area (Å²) in [6.07, 6.45) is 1.78. The van der Waals surface area contributed by atoms with Crippen LogP contribution < -0.4 is 0 Å². The van der Waals surface area contributed by atoms with Gasteiger partial charge in [0.1, 0.15) is 0 Å². The minimum absolute atomic E-state index is 0.0878. The van der Waals surface area contributed by atoms with E-state index in [0.29, 0.717) is 17.3 Å². The number of carbonyl (C=O) groups excluding carboxylic acids is 3. The predicted octanol–water partition coefficient (Wildman–Crippen LogP) is 3.35. The lowest BCUT2D eigenvalue weighted by Crippen LogP contribution is -2.52. The summed E-state index contributed by atoms with van der Waals surface area (Å²) in [5, 5.41) is 0.966. The summed E-state index contributed by atoms with van der Waals surface area (Å²) < 4.78 is 28.1. The number of sulfonamides is 1. The number of Topliss-reactive ketones (excluding diaryl/α,β-unsaturated/α-hetero) is 1. The molecule has 2 aromatic rings. The Morgan fingerprint density at radius 2 is 1.64 bits per heavy atom. The second-order valence-electron chi connectivity index (χ2n) is 9.89. The fourth-order valence-corrected chi connectivity index (χ4v) is 7.71. The van der Waals surface area contributed by atoms with Crippen molar-refractivity contribution < 1.29 is 22.8 Å². The fraction of sp³-hybridized carbons (Fsp3) is 0.400. The molecule has 2 saturated carbocycles. The Morgan fingerprint density at radius 3 is 2.24 bits per heavy atom. The first kappa shape index (κ1) is 21.8. The molecular formula is C25H26N2O5S. The van der Waals surface area contributed by atoms with Gasteiger partial charge in [0.15, 0.2) is 0 Å². The van der Waals surface area contributed by atoms with Gasteiger partial charge in [-0.1, -0.05) is 61.9 Å². The van der Waals surface area contributed by atoms with E-state index in [-0.39, 0.29) is 16.4 Å². The lowest BCUT2D eigenvalue weighted by Gasteiger charge is -2.34. The topological polar surface area (TPSA) is 91.8 Å². The number of benzene rings is 2. The Bertz CT molecular complexity index is 1270. The van der Waals surface area contributed by atoms with Gasteiger partial charge >= 0.3 is 5.91 Å². The van der Waals surface area contributed by atoms with Gasteiger partial charge in [-0.15, -0.1) is 4.41 Å². The highest BCUT2D eigenvalue weighted by molar-refractivity contribution is 7.89. The Morgan fingerprint density at radius 1 is 1.00 bits per heavy atom. The van der Waals surface area contributed by atoms with Crippen LogP contribution in [0.4, 0.5) is 0 Å². The van der Waals surface area contributed by atoms with Gasteiger partial charge in [0, 0.05) is 5.56 Å². The summed E-state index contributed by atoms with van der Waals surface area (Å²) in [6, 6.07) is 13.5. The fourth-order valence-electron chi connectivity index (χ4n) is 6.23. The van der Waals surface area contributed by atoms with Crippen LogP contribution in [0.3, 0.4) is 0 Å². The lowest BCUT2D eigenvalue weighted by atomic mass is 9.68. The maximum absolute atomic E-state index is 14.0. The third-order valence-electron chi connectivity index (χ3n) is 8.17. The molecule has 7 nitrogen and oxygen atoms in total. The van der Waals surface area contributed by atoms with Gasteiger partial charge < -0.3 is 0 Å². The third kappa shape index (κ3) is 2.73. The molecule has 0 aromatic heterocycles. The molecule has 2 aromatic carbocycles.